The van der Waals surface area contributed by atoms with Gasteiger partial charge >= 0.3 is 0 Å². The van der Waals surface area contributed by atoms with E-state index in [1.165, 1.54) is 30.4 Å². The quantitative estimate of drug-likeness (QED) is 0.515. The van der Waals surface area contributed by atoms with E-state index in [2.05, 4.69) is 23.3 Å². The zero-order chi connectivity index (χ0) is 13.9. The summed E-state index contributed by atoms with van der Waals surface area (Å²) in [6.45, 7) is 0. The zero-order valence-corrected chi connectivity index (χ0v) is 12.1. The van der Waals surface area contributed by atoms with Crippen molar-refractivity contribution in [2.75, 3.05) is 0 Å². The molecule has 1 aromatic heterocycles. The van der Waals surface area contributed by atoms with E-state index in [4.69, 9.17) is 5.84 Å². The monoisotopic (exact) mass is 286 g/mol. The second-order valence-electron chi connectivity index (χ2n) is 5.17. The molecule has 0 amide bonds. The molecule has 0 fully saturated rings. The maximum atomic E-state index is 10.3. The summed E-state index contributed by atoms with van der Waals surface area (Å²) in [5.41, 5.74) is 4.90. The van der Waals surface area contributed by atoms with Crippen LogP contribution in [0.3, 0.4) is 0 Å². The van der Waals surface area contributed by atoms with Crippen molar-refractivity contribution in [3.63, 3.8) is 0 Å². The average Bonchev–Trinajstić information content (AvgIpc) is 2.85. The van der Waals surface area contributed by atoms with Crippen molar-refractivity contribution in [3.8, 4) is 16.2 Å². The fourth-order valence-electron chi connectivity index (χ4n) is 2.76. The topological polar surface area (TPSA) is 58.6 Å². The lowest BCUT2D eigenvalue weighted by Gasteiger charge is -2.16. The summed E-state index contributed by atoms with van der Waals surface area (Å²) in [5, 5.41) is 15.8. The normalized spacial score (nSPS) is 14.6. The van der Waals surface area contributed by atoms with Gasteiger partial charge in [-0.1, -0.05) is 12.1 Å². The van der Waals surface area contributed by atoms with Gasteiger partial charge in [-0.25, -0.2) is 0 Å². The van der Waals surface area contributed by atoms with Gasteiger partial charge in [0.15, 0.2) is 0 Å². The Morgan fingerprint density at radius 1 is 1.25 bits per heavy atom. The highest BCUT2D eigenvalue weighted by atomic mass is 32.1. The van der Waals surface area contributed by atoms with Crippen molar-refractivity contribution in [2.24, 2.45) is 10.9 Å². The number of hydrazone groups is 1. The third-order valence-corrected chi connectivity index (χ3v) is 4.93. The van der Waals surface area contributed by atoms with Gasteiger partial charge < -0.3 is 10.9 Å². The Bertz CT molecular complexity index is 646. The van der Waals surface area contributed by atoms with Crippen molar-refractivity contribution in [3.05, 3.63) is 40.3 Å². The standard InChI is InChI=1S/C16H18N2OS/c17-18-8-7-14-10-20-16(15(14)19)13-6-5-11-3-1-2-4-12(11)9-13/h5-6,8-10,19H,1-4,7,17H2. The Balaban J connectivity index is 1.95. The van der Waals surface area contributed by atoms with Crippen LogP contribution in [-0.2, 0) is 19.3 Å². The zero-order valence-electron chi connectivity index (χ0n) is 11.3. The van der Waals surface area contributed by atoms with E-state index in [0.717, 1.165) is 22.4 Å². The minimum atomic E-state index is 0.366. The molecule has 0 atom stereocenters. The molecule has 1 aliphatic carbocycles. The smallest absolute Gasteiger partial charge is 0.137 e. The summed E-state index contributed by atoms with van der Waals surface area (Å²) < 4.78 is 0. The first-order valence-electron chi connectivity index (χ1n) is 6.93. The van der Waals surface area contributed by atoms with E-state index in [1.54, 1.807) is 17.6 Å². The lowest BCUT2D eigenvalue weighted by atomic mass is 9.90. The molecule has 20 heavy (non-hydrogen) atoms. The average molecular weight is 286 g/mol. The van der Waals surface area contributed by atoms with Crippen molar-refractivity contribution in [1.82, 2.24) is 0 Å². The summed E-state index contributed by atoms with van der Waals surface area (Å²) in [6, 6.07) is 6.57. The number of thiophene rings is 1. The van der Waals surface area contributed by atoms with Crippen LogP contribution in [0, 0.1) is 0 Å². The molecule has 0 saturated heterocycles. The third-order valence-electron chi connectivity index (χ3n) is 3.87. The van der Waals surface area contributed by atoms with Crippen LogP contribution in [0.25, 0.3) is 10.4 Å². The van der Waals surface area contributed by atoms with Crippen LogP contribution >= 0.6 is 11.3 Å². The molecule has 0 saturated carbocycles. The number of hydrogen-bond donors (Lipinski definition) is 2. The van der Waals surface area contributed by atoms with Crippen LogP contribution in [-0.4, -0.2) is 11.3 Å². The molecule has 1 aliphatic rings. The van der Waals surface area contributed by atoms with Gasteiger partial charge in [0.25, 0.3) is 0 Å². The van der Waals surface area contributed by atoms with E-state index in [0.29, 0.717) is 12.2 Å². The number of aromatic hydroxyl groups is 1. The molecule has 104 valence electrons. The maximum Gasteiger partial charge on any atom is 0.137 e. The number of fused-ring (bicyclic) bond motifs is 1. The molecule has 3 N–H and O–H groups in total. The SMILES string of the molecule is NN=CCc1csc(-c2ccc3c(c2)CCCC3)c1O. The Labute approximate surface area is 122 Å². The van der Waals surface area contributed by atoms with E-state index >= 15 is 0 Å². The highest BCUT2D eigenvalue weighted by Crippen LogP contribution is 2.39. The highest BCUT2D eigenvalue weighted by molar-refractivity contribution is 7.14. The molecule has 0 radical (unpaired) electrons. The molecule has 0 bridgehead atoms. The van der Waals surface area contributed by atoms with Crippen molar-refractivity contribution >= 4 is 17.6 Å². The predicted octanol–water partition coefficient (Wildman–Crippen LogP) is 3.49. The van der Waals surface area contributed by atoms with Crippen molar-refractivity contribution in [1.29, 1.82) is 0 Å². The van der Waals surface area contributed by atoms with Crippen molar-refractivity contribution in [2.45, 2.75) is 32.1 Å². The number of aryl methyl sites for hydroxylation is 2. The van der Waals surface area contributed by atoms with E-state index < -0.39 is 0 Å². The van der Waals surface area contributed by atoms with Crippen LogP contribution in [0.1, 0.15) is 29.5 Å². The molecular weight excluding hydrogens is 268 g/mol. The largest absolute Gasteiger partial charge is 0.506 e. The fourth-order valence-corrected chi connectivity index (χ4v) is 3.74. The van der Waals surface area contributed by atoms with Gasteiger partial charge in [0.1, 0.15) is 5.75 Å². The first-order chi connectivity index (χ1) is 9.79. The molecule has 4 heteroatoms. The van der Waals surface area contributed by atoms with Crippen LogP contribution < -0.4 is 5.84 Å². The van der Waals surface area contributed by atoms with E-state index in [9.17, 15) is 5.11 Å². The molecule has 1 heterocycles. The molecule has 2 aromatic rings. The first kappa shape index (κ1) is 13.2. The lowest BCUT2D eigenvalue weighted by Crippen LogP contribution is -2.02. The van der Waals surface area contributed by atoms with Crippen LogP contribution in [0.4, 0.5) is 0 Å². The first-order valence-corrected chi connectivity index (χ1v) is 7.81. The second kappa shape index (κ2) is 5.67. The minimum absolute atomic E-state index is 0.366. The molecule has 0 aliphatic heterocycles. The predicted molar refractivity (Wildman–Crippen MR) is 84.4 cm³/mol. The van der Waals surface area contributed by atoms with Gasteiger partial charge in [-0.05, 0) is 53.8 Å². The number of benzene rings is 1. The Morgan fingerprint density at radius 2 is 2.05 bits per heavy atom. The van der Waals surface area contributed by atoms with E-state index in [-0.39, 0.29) is 0 Å². The summed E-state index contributed by atoms with van der Waals surface area (Å²) in [4.78, 5) is 0.943. The molecule has 3 nitrogen and oxygen atoms in total. The number of hydrogen-bond acceptors (Lipinski definition) is 4. The number of nitrogens with two attached hydrogens (primary N) is 1. The molecule has 3 rings (SSSR count). The lowest BCUT2D eigenvalue weighted by molar-refractivity contribution is 0.475. The number of nitrogens with zero attached hydrogens (tertiary/aromatic N) is 1. The van der Waals surface area contributed by atoms with Crippen LogP contribution in [0.15, 0.2) is 28.7 Å². The molecular formula is C16H18N2OS. The van der Waals surface area contributed by atoms with Gasteiger partial charge in [-0.2, -0.15) is 5.10 Å². The molecule has 0 unspecified atom stereocenters. The highest BCUT2D eigenvalue weighted by Gasteiger charge is 2.15. The van der Waals surface area contributed by atoms with Gasteiger partial charge in [0.05, 0.1) is 4.88 Å². The Morgan fingerprint density at radius 3 is 2.85 bits per heavy atom. The number of rotatable bonds is 3. The van der Waals surface area contributed by atoms with E-state index in [1.807, 2.05) is 5.38 Å². The summed E-state index contributed by atoms with van der Waals surface area (Å²) in [7, 11) is 0. The third kappa shape index (κ3) is 2.43. The van der Waals surface area contributed by atoms with Crippen LogP contribution in [0.2, 0.25) is 0 Å². The summed E-state index contributed by atoms with van der Waals surface area (Å²) in [6.07, 6.45) is 7.08. The Kier molecular flexibility index (Phi) is 3.74. The fraction of sp³-hybridized carbons (Fsp3) is 0.312. The van der Waals surface area contributed by atoms with Gasteiger partial charge in [-0.15, -0.1) is 11.3 Å². The summed E-state index contributed by atoms with van der Waals surface area (Å²) in [5.74, 6) is 5.48. The van der Waals surface area contributed by atoms with Gasteiger partial charge in [0.2, 0.25) is 0 Å². The molecule has 0 spiro atoms. The van der Waals surface area contributed by atoms with Gasteiger partial charge in [0, 0.05) is 18.2 Å². The van der Waals surface area contributed by atoms with Crippen molar-refractivity contribution < 1.29 is 5.11 Å². The summed E-state index contributed by atoms with van der Waals surface area (Å²) >= 11 is 1.58. The minimum Gasteiger partial charge on any atom is -0.506 e. The molecule has 1 aromatic carbocycles. The maximum absolute atomic E-state index is 10.3. The van der Waals surface area contributed by atoms with Crippen LogP contribution in [0.5, 0.6) is 5.75 Å². The second-order valence-corrected chi connectivity index (χ2v) is 6.04. The van der Waals surface area contributed by atoms with Gasteiger partial charge in [-0.3, -0.25) is 0 Å². The Hall–Kier alpha value is -1.81.